The van der Waals surface area contributed by atoms with E-state index in [0.29, 0.717) is 5.92 Å². The monoisotopic (exact) mass is 179 g/mol. The Kier molecular flexibility index (Phi) is 5.46. The number of hydrogen-bond acceptors (Lipinski definition) is 3. The second-order valence-electron chi connectivity index (χ2n) is 2.71. The van der Waals surface area contributed by atoms with Gasteiger partial charge in [0, 0.05) is 13.7 Å². The van der Waals surface area contributed by atoms with E-state index in [2.05, 4.69) is 5.32 Å². The second-order valence-corrected chi connectivity index (χ2v) is 2.71. The van der Waals surface area contributed by atoms with Gasteiger partial charge in [-0.2, -0.15) is 0 Å². The van der Waals surface area contributed by atoms with Gasteiger partial charge in [0.25, 0.3) is 0 Å². The molecule has 2 atom stereocenters. The molecule has 3 nitrogen and oxygen atoms in total. The highest BCUT2D eigenvalue weighted by Gasteiger charge is 2.22. The molecule has 0 aromatic rings. The lowest BCUT2D eigenvalue weighted by Crippen LogP contribution is -2.22. The molecule has 0 unspecified atom stereocenters. The van der Waals surface area contributed by atoms with E-state index in [1.54, 1.807) is 7.11 Å². The molecule has 66 valence electrons. The molecular weight excluding hydrogens is 166 g/mol. The van der Waals surface area contributed by atoms with Gasteiger partial charge in [-0.25, -0.2) is 0 Å². The fraction of sp³-hybridized carbons (Fsp3) is 0.857. The molecule has 0 aromatic heterocycles. The number of hydrogen-bond donors (Lipinski definition) is 1. The molecule has 1 N–H and O–H groups in total. The number of carbonyl (C=O) groups is 1. The van der Waals surface area contributed by atoms with Crippen LogP contribution in [0.4, 0.5) is 0 Å². The number of carbonyl (C=O) groups excluding carboxylic acids is 1. The molecule has 1 heterocycles. The van der Waals surface area contributed by atoms with Gasteiger partial charge >= 0.3 is 0 Å². The van der Waals surface area contributed by atoms with E-state index in [-0.39, 0.29) is 18.4 Å². The molecule has 1 saturated heterocycles. The van der Waals surface area contributed by atoms with Crippen LogP contribution >= 0.6 is 12.4 Å². The molecule has 0 amide bonds. The second kappa shape index (κ2) is 5.52. The molecule has 1 rings (SSSR count). The Morgan fingerprint density at radius 2 is 2.45 bits per heavy atom. The topological polar surface area (TPSA) is 38.3 Å². The summed E-state index contributed by atoms with van der Waals surface area (Å²) in [6.45, 7) is 1.68. The van der Waals surface area contributed by atoms with Gasteiger partial charge in [0.1, 0.15) is 6.29 Å². The van der Waals surface area contributed by atoms with E-state index in [1.807, 2.05) is 0 Å². The number of rotatable bonds is 3. The molecule has 1 fully saturated rings. The molecule has 0 aromatic carbocycles. The maximum atomic E-state index is 10.3. The van der Waals surface area contributed by atoms with Gasteiger partial charge in [-0.3, -0.25) is 0 Å². The lowest BCUT2D eigenvalue weighted by Gasteiger charge is -2.04. The third-order valence-electron chi connectivity index (χ3n) is 1.82. The van der Waals surface area contributed by atoms with E-state index < -0.39 is 0 Å². The number of halogens is 1. The van der Waals surface area contributed by atoms with Gasteiger partial charge in [-0.15, -0.1) is 12.4 Å². The predicted octanol–water partition coefficient (Wildman–Crippen LogP) is 0.232. The van der Waals surface area contributed by atoms with Crippen molar-refractivity contribution in [2.75, 3.05) is 20.3 Å². The molecule has 0 radical (unpaired) electrons. The van der Waals surface area contributed by atoms with E-state index in [4.69, 9.17) is 4.74 Å². The third kappa shape index (κ3) is 3.18. The Morgan fingerprint density at radius 3 is 2.91 bits per heavy atom. The van der Waals surface area contributed by atoms with Crippen molar-refractivity contribution >= 4 is 18.7 Å². The first kappa shape index (κ1) is 10.9. The van der Waals surface area contributed by atoms with Gasteiger partial charge in [0.05, 0.1) is 12.6 Å². The first-order chi connectivity index (χ1) is 4.86. The van der Waals surface area contributed by atoms with Crippen molar-refractivity contribution in [3.05, 3.63) is 0 Å². The first-order valence-corrected chi connectivity index (χ1v) is 3.54. The summed E-state index contributed by atoms with van der Waals surface area (Å²) in [5, 5.41) is 3.09. The Morgan fingerprint density at radius 1 is 1.73 bits per heavy atom. The van der Waals surface area contributed by atoms with Crippen LogP contribution in [-0.4, -0.2) is 32.6 Å². The average Bonchev–Trinajstić information content (AvgIpc) is 2.37. The first-order valence-electron chi connectivity index (χ1n) is 3.54. The smallest absolute Gasteiger partial charge is 0.136 e. The van der Waals surface area contributed by atoms with Crippen LogP contribution < -0.4 is 5.32 Å². The maximum absolute atomic E-state index is 10.3. The van der Waals surface area contributed by atoms with Crippen LogP contribution in [0.3, 0.4) is 0 Å². The summed E-state index contributed by atoms with van der Waals surface area (Å²) in [6.07, 6.45) is 1.90. The minimum absolute atomic E-state index is 0. The zero-order chi connectivity index (χ0) is 7.40. The Balaban J connectivity index is 0.000001000. The molecule has 0 aliphatic carbocycles. The van der Waals surface area contributed by atoms with Crippen molar-refractivity contribution in [2.24, 2.45) is 5.92 Å². The zero-order valence-corrected chi connectivity index (χ0v) is 7.39. The number of aldehydes is 1. The molecule has 0 bridgehead atoms. The van der Waals surface area contributed by atoms with Crippen molar-refractivity contribution < 1.29 is 9.53 Å². The van der Waals surface area contributed by atoms with Crippen molar-refractivity contribution in [3.63, 3.8) is 0 Å². The average molecular weight is 180 g/mol. The normalized spacial score (nSPS) is 29.5. The van der Waals surface area contributed by atoms with E-state index >= 15 is 0 Å². The van der Waals surface area contributed by atoms with Crippen LogP contribution in [0.25, 0.3) is 0 Å². The minimum Gasteiger partial charge on any atom is -0.384 e. The van der Waals surface area contributed by atoms with Crippen molar-refractivity contribution in [2.45, 2.75) is 12.5 Å². The number of nitrogens with one attached hydrogen (secondary N) is 1. The minimum atomic E-state index is 0. The largest absolute Gasteiger partial charge is 0.384 e. The quantitative estimate of drug-likeness (QED) is 0.631. The van der Waals surface area contributed by atoms with Gasteiger partial charge in [-0.1, -0.05) is 0 Å². The number of ether oxygens (including phenoxy) is 1. The van der Waals surface area contributed by atoms with Gasteiger partial charge in [0.2, 0.25) is 0 Å². The van der Waals surface area contributed by atoms with Crippen LogP contribution in [0.15, 0.2) is 0 Å². The highest BCUT2D eigenvalue weighted by molar-refractivity contribution is 5.85. The highest BCUT2D eigenvalue weighted by atomic mass is 35.5. The van der Waals surface area contributed by atoms with Crippen LogP contribution in [0.5, 0.6) is 0 Å². The van der Waals surface area contributed by atoms with Crippen molar-refractivity contribution in [1.29, 1.82) is 0 Å². The lowest BCUT2D eigenvalue weighted by molar-refractivity contribution is -0.109. The third-order valence-corrected chi connectivity index (χ3v) is 1.82. The maximum Gasteiger partial charge on any atom is 0.136 e. The molecule has 4 heteroatoms. The fourth-order valence-corrected chi connectivity index (χ4v) is 1.31. The van der Waals surface area contributed by atoms with Gasteiger partial charge in [-0.05, 0) is 12.3 Å². The van der Waals surface area contributed by atoms with E-state index in [1.165, 1.54) is 0 Å². The summed E-state index contributed by atoms with van der Waals surface area (Å²) in [4.78, 5) is 10.3. The summed E-state index contributed by atoms with van der Waals surface area (Å²) in [7, 11) is 1.69. The Hall–Kier alpha value is -0.120. The lowest BCUT2D eigenvalue weighted by atomic mass is 10.1. The predicted molar refractivity (Wildman–Crippen MR) is 45.1 cm³/mol. The highest BCUT2D eigenvalue weighted by Crippen LogP contribution is 2.11. The Bertz CT molecular complexity index is 121. The molecule has 1 aliphatic heterocycles. The summed E-state index contributed by atoms with van der Waals surface area (Å²) < 4.78 is 4.96. The van der Waals surface area contributed by atoms with Gasteiger partial charge < -0.3 is 14.8 Å². The standard InChI is InChI=1S/C7H13NO2.ClH/c1-10-5-6-2-7(4-9)8-3-6;/h4,6-8H,2-3,5H2,1H3;1H/t6-,7-;/m0./s1. The summed E-state index contributed by atoms with van der Waals surface area (Å²) >= 11 is 0. The van der Waals surface area contributed by atoms with Crippen LogP contribution in [0.1, 0.15) is 6.42 Å². The van der Waals surface area contributed by atoms with Crippen LogP contribution in [-0.2, 0) is 9.53 Å². The van der Waals surface area contributed by atoms with E-state index in [9.17, 15) is 4.79 Å². The molecule has 11 heavy (non-hydrogen) atoms. The van der Waals surface area contributed by atoms with Gasteiger partial charge in [0.15, 0.2) is 0 Å². The summed E-state index contributed by atoms with van der Waals surface area (Å²) in [5.41, 5.74) is 0. The molecular formula is C7H14ClNO2. The van der Waals surface area contributed by atoms with Crippen molar-refractivity contribution in [1.82, 2.24) is 5.32 Å². The van der Waals surface area contributed by atoms with Crippen LogP contribution in [0.2, 0.25) is 0 Å². The molecule has 0 spiro atoms. The fourth-order valence-electron chi connectivity index (χ4n) is 1.31. The SMILES string of the molecule is COC[C@@H]1CN[C@H](C=O)C1.Cl. The van der Waals surface area contributed by atoms with E-state index in [0.717, 1.165) is 25.9 Å². The summed E-state index contributed by atoms with van der Waals surface area (Å²) in [5.74, 6) is 0.528. The Labute approximate surface area is 72.9 Å². The summed E-state index contributed by atoms with van der Waals surface area (Å²) in [6, 6.07) is 0.0696. The van der Waals surface area contributed by atoms with Crippen molar-refractivity contribution in [3.8, 4) is 0 Å². The molecule has 0 saturated carbocycles. The zero-order valence-electron chi connectivity index (χ0n) is 6.58. The molecule has 1 aliphatic rings. The number of methoxy groups -OCH3 is 1. The van der Waals surface area contributed by atoms with Crippen LogP contribution in [0, 0.1) is 5.92 Å².